The van der Waals surface area contributed by atoms with Crippen molar-refractivity contribution in [2.45, 2.75) is 46.5 Å². The molecule has 0 aliphatic carbocycles. The lowest BCUT2D eigenvalue weighted by atomic mass is 9.98. The van der Waals surface area contributed by atoms with E-state index in [0.29, 0.717) is 23.0 Å². The van der Waals surface area contributed by atoms with Crippen LogP contribution in [-0.2, 0) is 0 Å². The van der Waals surface area contributed by atoms with Crippen molar-refractivity contribution in [3.8, 4) is 0 Å². The van der Waals surface area contributed by atoms with Crippen molar-refractivity contribution in [2.75, 3.05) is 18.4 Å². The van der Waals surface area contributed by atoms with Crippen LogP contribution in [-0.4, -0.2) is 29.8 Å². The number of rotatable bonds is 4. The number of hydrogen-bond donors (Lipinski definition) is 1. The third-order valence-corrected chi connectivity index (χ3v) is 5.50. The zero-order valence-corrected chi connectivity index (χ0v) is 17.3. The lowest BCUT2D eigenvalue weighted by molar-refractivity contribution is 0.0682. The van der Waals surface area contributed by atoms with Crippen molar-refractivity contribution >= 4 is 17.5 Å². The van der Waals surface area contributed by atoms with Crippen LogP contribution in [0.25, 0.3) is 0 Å². The Bertz CT molecular complexity index is 855. The first-order valence-electron chi connectivity index (χ1n) is 10.2. The number of hydrogen-bond acceptors (Lipinski definition) is 2. The molecule has 0 bridgehead atoms. The summed E-state index contributed by atoms with van der Waals surface area (Å²) in [5, 5.41) is 3.06. The van der Waals surface area contributed by atoms with Gasteiger partial charge in [0.25, 0.3) is 11.8 Å². The van der Waals surface area contributed by atoms with Crippen molar-refractivity contribution in [3.63, 3.8) is 0 Å². The van der Waals surface area contributed by atoms with Gasteiger partial charge in [0.05, 0.1) is 0 Å². The van der Waals surface area contributed by atoms with E-state index in [1.807, 2.05) is 24.0 Å². The molecule has 0 saturated carbocycles. The molecule has 1 unspecified atom stereocenters. The molecule has 1 N–H and O–H groups in total. The first-order valence-corrected chi connectivity index (χ1v) is 10.2. The number of piperidine rings is 1. The van der Waals surface area contributed by atoms with Crippen LogP contribution in [0.2, 0.25) is 0 Å². The molecule has 0 aromatic heterocycles. The number of carbonyl (C=O) groups excluding carboxylic acids is 2. The van der Waals surface area contributed by atoms with Gasteiger partial charge in [-0.2, -0.15) is 0 Å². The lowest BCUT2D eigenvalue weighted by Crippen LogP contribution is -2.39. The normalized spacial score (nSPS) is 16.9. The molecule has 1 fully saturated rings. The molecule has 3 rings (SSSR count). The van der Waals surface area contributed by atoms with Crippen molar-refractivity contribution in [2.24, 2.45) is 5.92 Å². The van der Waals surface area contributed by atoms with Gasteiger partial charge < -0.3 is 10.2 Å². The number of amides is 2. The SMILES string of the molecule is Cc1cccc(C(C)C)c1NC(=O)c1ccc(C(=O)N2CCCC(C)C2)cc1. The van der Waals surface area contributed by atoms with Crippen LogP contribution < -0.4 is 5.32 Å². The van der Waals surface area contributed by atoms with Crippen molar-refractivity contribution < 1.29 is 9.59 Å². The lowest BCUT2D eigenvalue weighted by Gasteiger charge is -2.31. The van der Waals surface area contributed by atoms with Crippen molar-refractivity contribution in [1.29, 1.82) is 0 Å². The molecule has 28 heavy (non-hydrogen) atoms. The Morgan fingerprint density at radius 1 is 1.07 bits per heavy atom. The maximum absolute atomic E-state index is 12.8. The zero-order valence-electron chi connectivity index (χ0n) is 17.3. The van der Waals surface area contributed by atoms with Gasteiger partial charge in [0.15, 0.2) is 0 Å². The predicted octanol–water partition coefficient (Wildman–Crippen LogP) is 5.24. The molecular formula is C24H30N2O2. The summed E-state index contributed by atoms with van der Waals surface area (Å²) in [6, 6.07) is 13.1. The van der Waals surface area contributed by atoms with E-state index in [1.165, 1.54) is 6.42 Å². The van der Waals surface area contributed by atoms with E-state index >= 15 is 0 Å². The van der Waals surface area contributed by atoms with Gasteiger partial charge in [-0.15, -0.1) is 0 Å². The van der Waals surface area contributed by atoms with E-state index in [2.05, 4.69) is 32.2 Å². The highest BCUT2D eigenvalue weighted by Gasteiger charge is 2.22. The Morgan fingerprint density at radius 2 is 1.75 bits per heavy atom. The van der Waals surface area contributed by atoms with Gasteiger partial charge in [0, 0.05) is 29.9 Å². The first-order chi connectivity index (χ1) is 13.4. The van der Waals surface area contributed by atoms with Gasteiger partial charge >= 0.3 is 0 Å². The van der Waals surface area contributed by atoms with Crippen LogP contribution in [0.3, 0.4) is 0 Å². The quantitative estimate of drug-likeness (QED) is 0.791. The predicted molar refractivity (Wildman–Crippen MR) is 114 cm³/mol. The fourth-order valence-corrected chi connectivity index (χ4v) is 3.85. The second-order valence-corrected chi connectivity index (χ2v) is 8.22. The summed E-state index contributed by atoms with van der Waals surface area (Å²) in [5.74, 6) is 0.774. The highest BCUT2D eigenvalue weighted by Crippen LogP contribution is 2.28. The average molecular weight is 379 g/mol. The van der Waals surface area contributed by atoms with E-state index in [9.17, 15) is 9.59 Å². The van der Waals surface area contributed by atoms with E-state index in [1.54, 1.807) is 24.3 Å². The van der Waals surface area contributed by atoms with Crippen LogP contribution in [0.4, 0.5) is 5.69 Å². The smallest absolute Gasteiger partial charge is 0.255 e. The summed E-state index contributed by atoms with van der Waals surface area (Å²) < 4.78 is 0. The summed E-state index contributed by atoms with van der Waals surface area (Å²) in [7, 11) is 0. The monoisotopic (exact) mass is 378 g/mol. The van der Waals surface area contributed by atoms with Crippen LogP contribution in [0.1, 0.15) is 71.4 Å². The number of nitrogens with zero attached hydrogens (tertiary/aromatic N) is 1. The molecule has 0 spiro atoms. The number of aryl methyl sites for hydroxylation is 1. The first kappa shape index (κ1) is 20.1. The molecule has 2 aromatic carbocycles. The zero-order chi connectivity index (χ0) is 20.3. The Kier molecular flexibility index (Phi) is 6.18. The van der Waals surface area contributed by atoms with Gasteiger partial charge in [0.2, 0.25) is 0 Å². The largest absolute Gasteiger partial charge is 0.338 e. The molecule has 4 nitrogen and oxygen atoms in total. The molecule has 1 heterocycles. The van der Waals surface area contributed by atoms with E-state index in [4.69, 9.17) is 0 Å². The van der Waals surface area contributed by atoms with Crippen LogP contribution in [0, 0.1) is 12.8 Å². The molecule has 2 aromatic rings. The molecule has 4 heteroatoms. The standard InChI is InChI=1S/C24H30N2O2/c1-16(2)21-9-5-8-18(4)22(21)25-23(27)19-10-12-20(13-11-19)24(28)26-14-6-7-17(3)15-26/h5,8-13,16-17H,6-7,14-15H2,1-4H3,(H,25,27). The minimum Gasteiger partial charge on any atom is -0.338 e. The third-order valence-electron chi connectivity index (χ3n) is 5.50. The summed E-state index contributed by atoms with van der Waals surface area (Å²) >= 11 is 0. The molecule has 1 atom stereocenters. The Labute approximate surface area is 167 Å². The Balaban J connectivity index is 1.73. The van der Waals surface area contributed by atoms with Gasteiger partial charge in [-0.25, -0.2) is 0 Å². The second kappa shape index (κ2) is 8.59. The molecular weight excluding hydrogens is 348 g/mol. The molecule has 2 amide bonds. The number of nitrogens with one attached hydrogen (secondary N) is 1. The number of benzene rings is 2. The maximum Gasteiger partial charge on any atom is 0.255 e. The number of para-hydroxylation sites is 1. The third kappa shape index (κ3) is 4.44. The van der Waals surface area contributed by atoms with Crippen LogP contribution >= 0.6 is 0 Å². The summed E-state index contributed by atoms with van der Waals surface area (Å²) in [4.78, 5) is 27.4. The van der Waals surface area contributed by atoms with Gasteiger partial charge in [0.1, 0.15) is 0 Å². The average Bonchev–Trinajstić information content (AvgIpc) is 2.68. The van der Waals surface area contributed by atoms with Crippen molar-refractivity contribution in [1.82, 2.24) is 4.90 Å². The van der Waals surface area contributed by atoms with Gasteiger partial charge in [-0.3, -0.25) is 9.59 Å². The van der Waals surface area contributed by atoms with E-state index in [-0.39, 0.29) is 11.8 Å². The Morgan fingerprint density at radius 3 is 2.39 bits per heavy atom. The van der Waals surface area contributed by atoms with E-state index in [0.717, 1.165) is 36.3 Å². The fraction of sp³-hybridized carbons (Fsp3) is 0.417. The minimum atomic E-state index is -0.151. The topological polar surface area (TPSA) is 49.4 Å². The minimum absolute atomic E-state index is 0.0551. The van der Waals surface area contributed by atoms with E-state index < -0.39 is 0 Å². The maximum atomic E-state index is 12.8. The fourth-order valence-electron chi connectivity index (χ4n) is 3.85. The molecule has 0 radical (unpaired) electrons. The highest BCUT2D eigenvalue weighted by molar-refractivity contribution is 6.05. The van der Waals surface area contributed by atoms with Crippen LogP contribution in [0.5, 0.6) is 0 Å². The summed E-state index contributed by atoms with van der Waals surface area (Å²) in [6.07, 6.45) is 2.24. The summed E-state index contributed by atoms with van der Waals surface area (Å²) in [6.45, 7) is 10.0. The van der Waals surface area contributed by atoms with Gasteiger partial charge in [-0.05, 0) is 67.0 Å². The van der Waals surface area contributed by atoms with Crippen LogP contribution in [0.15, 0.2) is 42.5 Å². The van der Waals surface area contributed by atoms with Crippen molar-refractivity contribution in [3.05, 3.63) is 64.7 Å². The number of anilines is 1. The molecule has 148 valence electrons. The highest BCUT2D eigenvalue weighted by atomic mass is 16.2. The molecule has 1 aliphatic rings. The van der Waals surface area contributed by atoms with Gasteiger partial charge in [-0.1, -0.05) is 39.0 Å². The molecule has 1 saturated heterocycles. The summed E-state index contributed by atoms with van der Waals surface area (Å²) in [5.41, 5.74) is 4.25. The number of carbonyl (C=O) groups is 2. The molecule has 1 aliphatic heterocycles. The second-order valence-electron chi connectivity index (χ2n) is 8.22. The Hall–Kier alpha value is -2.62. The number of likely N-dealkylation sites (tertiary alicyclic amines) is 1.